The molecule has 31 heavy (non-hydrogen) atoms. The first kappa shape index (κ1) is 20.5. The molecule has 0 fully saturated rings. The maximum atomic E-state index is 13.1. The smallest absolute Gasteiger partial charge is 0.336 e. The monoisotopic (exact) mass is 420 g/mol. The average Bonchev–Trinajstić information content (AvgIpc) is 2.99. The fraction of sp³-hybridized carbons (Fsp3) is 0.261. The predicted octanol–water partition coefficient (Wildman–Crippen LogP) is 2.29. The minimum atomic E-state index is -1.35. The summed E-state index contributed by atoms with van der Waals surface area (Å²) in [7, 11) is 5.28. The first-order valence-electron chi connectivity index (χ1n) is 9.92. The maximum absolute atomic E-state index is 13.1. The van der Waals surface area contributed by atoms with Crippen molar-refractivity contribution in [2.75, 3.05) is 19.4 Å². The zero-order valence-electron chi connectivity index (χ0n) is 17.6. The van der Waals surface area contributed by atoms with E-state index in [2.05, 4.69) is 16.0 Å². The molecule has 8 heteroatoms. The first-order chi connectivity index (χ1) is 14.8. The van der Waals surface area contributed by atoms with E-state index in [1.54, 1.807) is 37.2 Å². The van der Waals surface area contributed by atoms with Crippen molar-refractivity contribution in [3.63, 3.8) is 0 Å². The van der Waals surface area contributed by atoms with Crippen LogP contribution in [0, 0.1) is 0 Å². The Morgan fingerprint density at radius 3 is 2.61 bits per heavy atom. The summed E-state index contributed by atoms with van der Waals surface area (Å²) >= 11 is 0. The van der Waals surface area contributed by atoms with E-state index in [9.17, 15) is 19.5 Å². The van der Waals surface area contributed by atoms with E-state index in [0.717, 1.165) is 16.6 Å². The molecule has 0 radical (unpaired) electrons. The van der Waals surface area contributed by atoms with Gasteiger partial charge in [0, 0.05) is 50.1 Å². The number of para-hydroxylation sites is 1. The van der Waals surface area contributed by atoms with Crippen LogP contribution < -0.4 is 5.32 Å². The van der Waals surface area contributed by atoms with Crippen molar-refractivity contribution in [3.05, 3.63) is 65.4 Å². The van der Waals surface area contributed by atoms with E-state index in [4.69, 9.17) is 0 Å². The number of fused-ring (bicyclic) bond motifs is 2. The number of likely N-dealkylation sites (N-methyl/N-ethyl adjacent to an activating group) is 1. The number of aromatic nitrogens is 1. The summed E-state index contributed by atoms with van der Waals surface area (Å²) in [6, 6.07) is 13.8. The van der Waals surface area contributed by atoms with Crippen LogP contribution in [0.3, 0.4) is 0 Å². The van der Waals surface area contributed by atoms with Gasteiger partial charge in [0.15, 0.2) is 0 Å². The number of carbonyl (C=O) groups is 3. The van der Waals surface area contributed by atoms with Crippen LogP contribution in [0.1, 0.15) is 21.6 Å². The molecule has 2 amide bonds. The van der Waals surface area contributed by atoms with Crippen LogP contribution >= 0.6 is 0 Å². The first-order valence-corrected chi connectivity index (χ1v) is 9.92. The number of amides is 2. The van der Waals surface area contributed by atoms with Gasteiger partial charge in [0.2, 0.25) is 6.04 Å². The van der Waals surface area contributed by atoms with Crippen LogP contribution in [0.25, 0.3) is 10.9 Å². The molecule has 0 bridgehead atoms. The summed E-state index contributed by atoms with van der Waals surface area (Å²) in [4.78, 5) is 39.8. The summed E-state index contributed by atoms with van der Waals surface area (Å²) in [5.41, 5.74) is 3.84. The van der Waals surface area contributed by atoms with Crippen molar-refractivity contribution in [3.8, 4) is 0 Å². The lowest BCUT2D eigenvalue weighted by atomic mass is 10.1. The summed E-state index contributed by atoms with van der Waals surface area (Å²) in [6.07, 6.45) is 0. The van der Waals surface area contributed by atoms with E-state index in [1.165, 1.54) is 4.90 Å². The minimum absolute atomic E-state index is 0.152. The van der Waals surface area contributed by atoms with Gasteiger partial charge in [-0.15, -0.1) is 0 Å². The molecular formula is C23H24N4O4. The van der Waals surface area contributed by atoms with E-state index in [-0.39, 0.29) is 12.5 Å². The van der Waals surface area contributed by atoms with Gasteiger partial charge in [0.1, 0.15) is 0 Å². The zero-order valence-corrected chi connectivity index (χ0v) is 17.6. The Kier molecular flexibility index (Phi) is 5.14. The number of carboxylic acid groups (broad SMARTS) is 1. The minimum Gasteiger partial charge on any atom is -0.479 e. The number of aliphatic carboxylic acids is 1. The molecule has 1 atom stereocenters. The van der Waals surface area contributed by atoms with Crippen LogP contribution in [-0.2, 0) is 29.7 Å². The second kappa shape index (κ2) is 7.79. The lowest BCUT2D eigenvalue weighted by Gasteiger charge is -2.19. The molecule has 160 valence electrons. The van der Waals surface area contributed by atoms with Gasteiger partial charge in [0.25, 0.3) is 11.8 Å². The van der Waals surface area contributed by atoms with Crippen molar-refractivity contribution >= 4 is 34.4 Å². The summed E-state index contributed by atoms with van der Waals surface area (Å²) in [6.45, 7) is 0.664. The van der Waals surface area contributed by atoms with Gasteiger partial charge in [-0.2, -0.15) is 0 Å². The van der Waals surface area contributed by atoms with Crippen molar-refractivity contribution in [1.82, 2.24) is 14.4 Å². The number of carbonyl (C=O) groups excluding carboxylic acids is 2. The highest BCUT2D eigenvalue weighted by Gasteiger charge is 2.33. The number of rotatable bonds is 4. The number of hydrogen-bond donors (Lipinski definition) is 2. The maximum Gasteiger partial charge on any atom is 0.336 e. The number of aryl methyl sites for hydroxylation is 1. The van der Waals surface area contributed by atoms with E-state index in [0.29, 0.717) is 23.4 Å². The third kappa shape index (κ3) is 3.72. The van der Waals surface area contributed by atoms with Crippen LogP contribution in [0.4, 0.5) is 5.69 Å². The highest BCUT2D eigenvalue weighted by Crippen LogP contribution is 2.25. The average molecular weight is 420 g/mol. The lowest BCUT2D eigenvalue weighted by Crippen LogP contribution is -2.43. The van der Waals surface area contributed by atoms with Crippen molar-refractivity contribution in [2.24, 2.45) is 7.05 Å². The number of nitrogens with one attached hydrogen (secondary N) is 1. The Morgan fingerprint density at radius 1 is 1.16 bits per heavy atom. The molecule has 0 saturated carbocycles. The number of nitrogens with zero attached hydrogens (tertiary/aromatic N) is 3. The van der Waals surface area contributed by atoms with Crippen molar-refractivity contribution in [1.29, 1.82) is 0 Å². The molecule has 0 saturated heterocycles. The number of carboxylic acids is 1. The molecule has 2 N–H and O–H groups in total. The molecule has 1 aromatic heterocycles. The lowest BCUT2D eigenvalue weighted by molar-refractivity contribution is -0.145. The molecule has 1 aliphatic rings. The van der Waals surface area contributed by atoms with Gasteiger partial charge in [-0.05, 0) is 41.3 Å². The van der Waals surface area contributed by atoms with Gasteiger partial charge in [0.05, 0.1) is 6.54 Å². The van der Waals surface area contributed by atoms with E-state index >= 15 is 0 Å². The Bertz CT molecular complexity index is 1200. The van der Waals surface area contributed by atoms with Crippen LogP contribution in [0.2, 0.25) is 0 Å². The summed E-state index contributed by atoms with van der Waals surface area (Å²) < 4.78 is 2.08. The van der Waals surface area contributed by atoms with Gasteiger partial charge in [-0.25, -0.2) is 4.79 Å². The Labute approximate surface area is 179 Å². The molecule has 0 unspecified atom stereocenters. The zero-order chi connectivity index (χ0) is 22.3. The second-order valence-electron chi connectivity index (χ2n) is 7.90. The van der Waals surface area contributed by atoms with E-state index in [1.807, 2.05) is 31.3 Å². The molecule has 1 aliphatic heterocycles. The Balaban J connectivity index is 1.58. The molecule has 0 aliphatic carbocycles. The largest absolute Gasteiger partial charge is 0.479 e. The molecule has 2 heterocycles. The third-order valence-electron chi connectivity index (χ3n) is 5.73. The van der Waals surface area contributed by atoms with Gasteiger partial charge in [-0.3, -0.25) is 9.59 Å². The van der Waals surface area contributed by atoms with E-state index < -0.39 is 17.9 Å². The quantitative estimate of drug-likeness (QED) is 0.632. The number of anilines is 1. The molecular weight excluding hydrogens is 396 g/mol. The SMILES string of the molecule is CN(Cc1cc2ccccc2n1C)C(=O)c1ccc2c(c1)CN(C)C(=O)[C@H](C(=O)O)N2. The van der Waals surface area contributed by atoms with Crippen LogP contribution in [-0.4, -0.2) is 57.4 Å². The highest BCUT2D eigenvalue weighted by atomic mass is 16.4. The van der Waals surface area contributed by atoms with Gasteiger partial charge < -0.3 is 24.8 Å². The molecule has 4 rings (SSSR count). The fourth-order valence-corrected chi connectivity index (χ4v) is 3.97. The highest BCUT2D eigenvalue weighted by molar-refractivity contribution is 6.04. The molecule has 3 aromatic rings. The number of hydrogen-bond acceptors (Lipinski definition) is 4. The standard InChI is InChI=1S/C23H24N4O4/c1-25-12-16-10-15(8-9-18(16)24-20(22(25)29)23(30)31)21(28)26(2)13-17-11-14-6-4-5-7-19(14)27(17)3/h4-11,20,24H,12-13H2,1-3H3,(H,30,31)/t20-/m1/s1. The topological polar surface area (TPSA) is 94.9 Å². The second-order valence-corrected chi connectivity index (χ2v) is 7.90. The molecule has 2 aromatic carbocycles. The van der Waals surface area contributed by atoms with Crippen molar-refractivity contribution in [2.45, 2.75) is 19.1 Å². The van der Waals surface area contributed by atoms with Crippen LogP contribution in [0.15, 0.2) is 48.5 Å². The van der Waals surface area contributed by atoms with Crippen molar-refractivity contribution < 1.29 is 19.5 Å². The normalized spacial score (nSPS) is 15.9. The fourth-order valence-electron chi connectivity index (χ4n) is 3.97. The molecule has 0 spiro atoms. The number of benzene rings is 2. The third-order valence-corrected chi connectivity index (χ3v) is 5.73. The van der Waals surface area contributed by atoms with Gasteiger partial charge >= 0.3 is 5.97 Å². The Hall–Kier alpha value is -3.81. The van der Waals surface area contributed by atoms with Gasteiger partial charge in [-0.1, -0.05) is 18.2 Å². The Morgan fingerprint density at radius 2 is 1.90 bits per heavy atom. The summed E-state index contributed by atoms with van der Waals surface area (Å²) in [5, 5.41) is 13.2. The van der Waals surface area contributed by atoms with Crippen LogP contribution in [0.5, 0.6) is 0 Å². The molecule has 8 nitrogen and oxygen atoms in total. The summed E-state index contributed by atoms with van der Waals surface area (Å²) in [5.74, 6) is -1.91. The predicted molar refractivity (Wildman–Crippen MR) is 117 cm³/mol.